The lowest BCUT2D eigenvalue weighted by Gasteiger charge is -2.40. The summed E-state index contributed by atoms with van der Waals surface area (Å²) in [4.78, 5) is 13.7. The van der Waals surface area contributed by atoms with Crippen LogP contribution in [0.1, 0.15) is 69.6 Å². The average Bonchev–Trinajstić information content (AvgIpc) is 3.31. The van der Waals surface area contributed by atoms with Gasteiger partial charge in [0.25, 0.3) is 0 Å². The summed E-state index contributed by atoms with van der Waals surface area (Å²) in [6.45, 7) is 7.86. The van der Waals surface area contributed by atoms with E-state index in [1.165, 1.54) is 35.3 Å². The summed E-state index contributed by atoms with van der Waals surface area (Å²) in [5.74, 6) is -1.15. The molecule has 2 aromatic rings. The molecule has 0 spiro atoms. The number of fused-ring (bicyclic) bond motifs is 1. The van der Waals surface area contributed by atoms with E-state index in [1.54, 1.807) is 0 Å². The first kappa shape index (κ1) is 24.5. The molecule has 0 saturated heterocycles. The highest BCUT2D eigenvalue weighted by Gasteiger charge is 2.31. The Bertz CT molecular complexity index is 1240. The number of carboxylic acid groups (broad SMARTS) is 1. The van der Waals surface area contributed by atoms with Crippen molar-refractivity contribution in [1.29, 1.82) is 5.26 Å². The van der Waals surface area contributed by atoms with Crippen molar-refractivity contribution in [2.24, 2.45) is 0 Å². The SMILES string of the molecule is CCCCc1ccc(N2CCC(C)(C)c3cc(/C=C/C4=CC(=C(\C#N)C(=O)O)/CC4)ccc32)cc1. The summed E-state index contributed by atoms with van der Waals surface area (Å²) in [7, 11) is 0. The number of carboxylic acids is 1. The number of benzene rings is 2. The molecule has 1 aliphatic heterocycles. The zero-order valence-electron chi connectivity index (χ0n) is 21.0. The number of rotatable bonds is 7. The number of anilines is 2. The van der Waals surface area contributed by atoms with Gasteiger partial charge in [-0.3, -0.25) is 0 Å². The molecular formula is C31H34N2O2. The van der Waals surface area contributed by atoms with Crippen LogP contribution in [0.5, 0.6) is 0 Å². The Labute approximate surface area is 208 Å². The fourth-order valence-electron chi connectivity index (χ4n) is 5.01. The van der Waals surface area contributed by atoms with Crippen molar-refractivity contribution >= 4 is 23.4 Å². The van der Waals surface area contributed by atoms with Gasteiger partial charge in [0.2, 0.25) is 0 Å². The second-order valence-corrected chi connectivity index (χ2v) is 10.2. The summed E-state index contributed by atoms with van der Waals surface area (Å²) in [5.41, 5.74) is 7.99. The van der Waals surface area contributed by atoms with Crippen LogP contribution in [-0.4, -0.2) is 17.6 Å². The summed E-state index contributed by atoms with van der Waals surface area (Å²) < 4.78 is 0. The molecule has 0 atom stereocenters. The van der Waals surface area contributed by atoms with E-state index in [0.717, 1.165) is 36.9 Å². The van der Waals surface area contributed by atoms with Crippen LogP contribution in [-0.2, 0) is 16.6 Å². The van der Waals surface area contributed by atoms with Gasteiger partial charge in [-0.1, -0.05) is 63.6 Å². The maximum absolute atomic E-state index is 11.3. The predicted molar refractivity (Wildman–Crippen MR) is 143 cm³/mol. The summed E-state index contributed by atoms with van der Waals surface area (Å²) in [5, 5.41) is 18.3. The first-order valence-electron chi connectivity index (χ1n) is 12.6. The van der Waals surface area contributed by atoms with Gasteiger partial charge in [-0.15, -0.1) is 0 Å². The third kappa shape index (κ3) is 5.41. The van der Waals surface area contributed by atoms with E-state index in [2.05, 4.69) is 74.2 Å². The molecule has 0 fully saturated rings. The Kier molecular flexibility index (Phi) is 7.26. The molecule has 1 aliphatic carbocycles. The Hall–Kier alpha value is -3.58. The predicted octanol–water partition coefficient (Wildman–Crippen LogP) is 7.49. The van der Waals surface area contributed by atoms with Gasteiger partial charge in [0, 0.05) is 17.9 Å². The highest BCUT2D eigenvalue weighted by atomic mass is 16.4. The number of aliphatic carboxylic acids is 1. The van der Waals surface area contributed by atoms with Crippen LogP contribution in [0.3, 0.4) is 0 Å². The fourth-order valence-corrected chi connectivity index (χ4v) is 5.01. The zero-order valence-corrected chi connectivity index (χ0v) is 21.0. The number of hydrogen-bond donors (Lipinski definition) is 1. The van der Waals surface area contributed by atoms with Gasteiger partial charge in [-0.2, -0.15) is 5.26 Å². The van der Waals surface area contributed by atoms with E-state index in [-0.39, 0.29) is 11.0 Å². The van der Waals surface area contributed by atoms with Crippen LogP contribution in [0, 0.1) is 11.3 Å². The molecule has 4 rings (SSSR count). The number of aryl methyl sites for hydroxylation is 1. The van der Waals surface area contributed by atoms with Crippen LogP contribution >= 0.6 is 0 Å². The van der Waals surface area contributed by atoms with Crippen molar-refractivity contribution < 1.29 is 9.90 Å². The number of unbranched alkanes of at least 4 members (excludes halogenated alkanes) is 1. The summed E-state index contributed by atoms with van der Waals surface area (Å²) in [6.07, 6.45) is 12.0. The molecule has 0 saturated carbocycles. The summed E-state index contributed by atoms with van der Waals surface area (Å²) >= 11 is 0. The van der Waals surface area contributed by atoms with Crippen LogP contribution in [0.25, 0.3) is 6.08 Å². The van der Waals surface area contributed by atoms with Crippen molar-refractivity contribution in [2.45, 2.75) is 64.7 Å². The molecule has 180 valence electrons. The zero-order chi connectivity index (χ0) is 25.0. The largest absolute Gasteiger partial charge is 0.477 e. The number of hydrogen-bond acceptors (Lipinski definition) is 3. The third-order valence-electron chi connectivity index (χ3n) is 7.25. The molecule has 2 aliphatic rings. The van der Waals surface area contributed by atoms with Crippen LogP contribution in [0.4, 0.5) is 11.4 Å². The molecule has 0 unspecified atom stereocenters. The monoisotopic (exact) mass is 466 g/mol. The van der Waals surface area contributed by atoms with Crippen molar-refractivity contribution in [3.63, 3.8) is 0 Å². The van der Waals surface area contributed by atoms with E-state index < -0.39 is 5.97 Å². The summed E-state index contributed by atoms with van der Waals surface area (Å²) in [6, 6.07) is 17.5. The molecule has 1 N–H and O–H groups in total. The van der Waals surface area contributed by atoms with Crippen molar-refractivity contribution in [2.75, 3.05) is 11.4 Å². The smallest absolute Gasteiger partial charge is 0.346 e. The van der Waals surface area contributed by atoms with E-state index in [1.807, 2.05) is 18.2 Å². The van der Waals surface area contributed by atoms with Gasteiger partial charge in [-0.25, -0.2) is 4.79 Å². The Morgan fingerprint density at radius 2 is 1.91 bits per heavy atom. The topological polar surface area (TPSA) is 64.3 Å². The van der Waals surface area contributed by atoms with Crippen molar-refractivity contribution in [3.8, 4) is 6.07 Å². The minimum Gasteiger partial charge on any atom is -0.477 e. The van der Waals surface area contributed by atoms with Gasteiger partial charge in [0.05, 0.1) is 0 Å². The molecule has 0 amide bonds. The van der Waals surface area contributed by atoms with Crippen molar-refractivity contribution in [1.82, 2.24) is 0 Å². The second-order valence-electron chi connectivity index (χ2n) is 10.2. The molecular weight excluding hydrogens is 432 g/mol. The first-order chi connectivity index (χ1) is 16.8. The highest BCUT2D eigenvalue weighted by molar-refractivity contribution is 5.93. The van der Waals surface area contributed by atoms with Crippen LogP contribution in [0.2, 0.25) is 0 Å². The number of nitriles is 1. The minimum atomic E-state index is -1.15. The third-order valence-corrected chi connectivity index (χ3v) is 7.25. The number of allylic oxidation sites excluding steroid dienone is 4. The molecule has 4 heteroatoms. The quantitative estimate of drug-likeness (QED) is 0.339. The molecule has 4 nitrogen and oxygen atoms in total. The Morgan fingerprint density at radius 1 is 1.14 bits per heavy atom. The van der Waals surface area contributed by atoms with Gasteiger partial charge >= 0.3 is 5.97 Å². The maximum atomic E-state index is 11.3. The molecule has 0 radical (unpaired) electrons. The van der Waals surface area contributed by atoms with E-state index in [0.29, 0.717) is 12.0 Å². The maximum Gasteiger partial charge on any atom is 0.346 e. The fraction of sp³-hybridized carbons (Fsp3) is 0.355. The number of nitrogens with zero attached hydrogens (tertiary/aromatic N) is 2. The van der Waals surface area contributed by atoms with E-state index in [9.17, 15) is 9.90 Å². The van der Waals surface area contributed by atoms with Gasteiger partial charge in [-0.05, 0) is 89.6 Å². The molecule has 0 bridgehead atoms. The van der Waals surface area contributed by atoms with E-state index >= 15 is 0 Å². The van der Waals surface area contributed by atoms with Crippen LogP contribution in [0.15, 0.2) is 71.3 Å². The standard InChI is InChI=1S/C31H34N2O2/c1-4-5-6-22-10-14-26(15-11-22)33-18-17-31(2,3)28-20-24(12-16-29(28)33)8-7-23-9-13-25(19-23)27(21-32)30(34)35/h7-8,10-12,14-16,19-20H,4-6,9,13,17-18H2,1-3H3,(H,34,35)/b8-7+,27-25+. The average molecular weight is 467 g/mol. The molecule has 35 heavy (non-hydrogen) atoms. The van der Waals surface area contributed by atoms with Crippen LogP contribution < -0.4 is 4.90 Å². The van der Waals surface area contributed by atoms with Crippen molar-refractivity contribution in [3.05, 3.63) is 88.0 Å². The lowest BCUT2D eigenvalue weighted by atomic mass is 9.77. The van der Waals surface area contributed by atoms with Gasteiger partial charge in [0.15, 0.2) is 0 Å². The Morgan fingerprint density at radius 3 is 2.60 bits per heavy atom. The minimum absolute atomic E-state index is 0.0858. The normalized spacial score (nSPS) is 18.2. The Balaban J connectivity index is 1.59. The van der Waals surface area contributed by atoms with Gasteiger partial charge in [0.1, 0.15) is 11.6 Å². The first-order valence-corrected chi connectivity index (χ1v) is 12.6. The molecule has 1 heterocycles. The van der Waals surface area contributed by atoms with Gasteiger partial charge < -0.3 is 10.0 Å². The second kappa shape index (κ2) is 10.4. The van der Waals surface area contributed by atoms with E-state index in [4.69, 9.17) is 5.26 Å². The lowest BCUT2D eigenvalue weighted by Crippen LogP contribution is -2.34. The highest BCUT2D eigenvalue weighted by Crippen LogP contribution is 2.43. The lowest BCUT2D eigenvalue weighted by molar-refractivity contribution is -0.132. The molecule has 0 aromatic heterocycles. The number of carbonyl (C=O) groups is 1. The molecule has 2 aromatic carbocycles.